The zero-order valence-electron chi connectivity index (χ0n) is 21.1. The molecule has 2 amide bonds. The van der Waals surface area contributed by atoms with E-state index in [4.69, 9.17) is 4.74 Å². The number of thioether (sulfide) groups is 1. The highest BCUT2D eigenvalue weighted by Crippen LogP contribution is 2.37. The van der Waals surface area contributed by atoms with Crippen LogP contribution in [0.25, 0.3) is 0 Å². The van der Waals surface area contributed by atoms with E-state index in [0.29, 0.717) is 17.6 Å². The molecule has 1 heterocycles. The first-order valence-electron chi connectivity index (χ1n) is 12.3. The van der Waals surface area contributed by atoms with Crippen LogP contribution in [-0.2, 0) is 11.2 Å². The fourth-order valence-corrected chi connectivity index (χ4v) is 6.49. The van der Waals surface area contributed by atoms with E-state index in [-0.39, 0.29) is 12.1 Å². The van der Waals surface area contributed by atoms with Crippen molar-refractivity contribution in [3.8, 4) is 5.75 Å². The number of hydrogen-bond acceptors (Lipinski definition) is 6. The number of unbranched alkanes of at least 4 members (excludes halogenated alkanes) is 1. The Morgan fingerprint density at radius 1 is 1.20 bits per heavy atom. The minimum Gasteiger partial charge on any atom is -0.497 e. The summed E-state index contributed by atoms with van der Waals surface area (Å²) < 4.78 is 5.04. The first kappa shape index (κ1) is 27.3. The first-order valence-corrected chi connectivity index (χ1v) is 13.9. The van der Waals surface area contributed by atoms with E-state index in [9.17, 15) is 14.7 Å². The highest BCUT2D eigenvalue weighted by Gasteiger charge is 2.30. The Bertz CT molecular complexity index is 969. The van der Waals surface area contributed by atoms with Crippen LogP contribution in [0.15, 0.2) is 34.7 Å². The lowest BCUT2D eigenvalue weighted by atomic mass is 9.86. The Hall–Kier alpha value is -2.26. The van der Waals surface area contributed by atoms with Gasteiger partial charge in [-0.15, -0.1) is 0 Å². The number of anilines is 1. The number of ether oxygens (including phenoxy) is 1. The number of aromatic nitrogens is 1. The highest BCUT2D eigenvalue weighted by molar-refractivity contribution is 8.03. The number of nitrogens with one attached hydrogen (secondary N) is 1. The molecule has 3 rings (SSSR count). The molecule has 9 heteroatoms. The summed E-state index contributed by atoms with van der Waals surface area (Å²) >= 11 is 2.56. The number of methoxy groups -OCH3 is 1. The number of aryl methyl sites for hydroxylation is 1. The number of hydrogen-bond donors (Lipinski definition) is 2. The molecular weight excluding hydrogens is 482 g/mol. The molecule has 2 N–H and O–H groups in total. The maximum absolute atomic E-state index is 13.3. The summed E-state index contributed by atoms with van der Waals surface area (Å²) in [5.41, 5.74) is 1.27. The SMILES string of the molecule is COc1ccc(CCCCN(C(=O)Nc2ncc(SC(C)(C)C(=O)O)s2)C2CCC(C)CC2)cc1. The lowest BCUT2D eigenvalue weighted by Crippen LogP contribution is -2.45. The summed E-state index contributed by atoms with van der Waals surface area (Å²) in [5, 5.41) is 12.9. The topological polar surface area (TPSA) is 91.8 Å². The third kappa shape index (κ3) is 8.14. The van der Waals surface area contributed by atoms with Crippen molar-refractivity contribution in [2.75, 3.05) is 19.0 Å². The standard InChI is InChI=1S/C26H37N3O4S2/c1-18-8-12-20(13-9-18)29(16-6-5-7-19-10-14-21(33-4)15-11-19)25(32)28-24-27-17-22(34-24)35-26(2,3)23(30)31/h10-11,14-15,17-18,20H,5-9,12-13,16H2,1-4H3,(H,30,31)(H,27,28,32). The van der Waals surface area contributed by atoms with Crippen LogP contribution in [0.5, 0.6) is 5.75 Å². The van der Waals surface area contributed by atoms with Crippen LogP contribution >= 0.6 is 23.1 Å². The van der Waals surface area contributed by atoms with Crippen molar-refractivity contribution in [3.05, 3.63) is 36.0 Å². The molecule has 0 aliphatic heterocycles. The highest BCUT2D eigenvalue weighted by atomic mass is 32.2. The van der Waals surface area contributed by atoms with Crippen LogP contribution in [0.4, 0.5) is 9.93 Å². The second kappa shape index (κ2) is 12.6. The molecule has 1 aliphatic carbocycles. The van der Waals surface area contributed by atoms with Gasteiger partial charge >= 0.3 is 12.0 Å². The number of amides is 2. The number of carbonyl (C=O) groups is 2. The van der Waals surface area contributed by atoms with Crippen molar-refractivity contribution in [2.24, 2.45) is 5.92 Å². The Morgan fingerprint density at radius 3 is 2.51 bits per heavy atom. The largest absolute Gasteiger partial charge is 0.497 e. The van der Waals surface area contributed by atoms with Gasteiger partial charge in [0.05, 0.1) is 17.5 Å². The molecule has 0 spiro atoms. The van der Waals surface area contributed by atoms with Gasteiger partial charge < -0.3 is 14.7 Å². The number of urea groups is 1. The predicted octanol–water partition coefficient (Wildman–Crippen LogP) is 6.54. The summed E-state index contributed by atoms with van der Waals surface area (Å²) in [4.78, 5) is 31.0. The molecule has 1 saturated carbocycles. The smallest absolute Gasteiger partial charge is 0.323 e. The van der Waals surface area contributed by atoms with Crippen molar-refractivity contribution < 1.29 is 19.4 Å². The Kier molecular flexibility index (Phi) is 9.86. The van der Waals surface area contributed by atoms with E-state index in [1.54, 1.807) is 27.2 Å². The first-order chi connectivity index (χ1) is 16.7. The van der Waals surface area contributed by atoms with E-state index in [1.165, 1.54) is 28.7 Å². The zero-order valence-corrected chi connectivity index (χ0v) is 22.7. The van der Waals surface area contributed by atoms with E-state index in [1.807, 2.05) is 17.0 Å². The van der Waals surface area contributed by atoms with Crippen LogP contribution in [0, 0.1) is 5.92 Å². The number of nitrogens with zero attached hydrogens (tertiary/aromatic N) is 2. The van der Waals surface area contributed by atoms with Gasteiger partial charge in [0.2, 0.25) is 0 Å². The maximum Gasteiger partial charge on any atom is 0.323 e. The monoisotopic (exact) mass is 519 g/mol. The predicted molar refractivity (Wildman–Crippen MR) is 143 cm³/mol. The fraction of sp³-hybridized carbons (Fsp3) is 0.577. The molecule has 192 valence electrons. The van der Waals surface area contributed by atoms with Crippen LogP contribution < -0.4 is 10.1 Å². The minimum atomic E-state index is -0.956. The molecule has 0 bridgehead atoms. The van der Waals surface area contributed by atoms with Crippen molar-refractivity contribution >= 4 is 40.2 Å². The van der Waals surface area contributed by atoms with Crippen LogP contribution in [0.2, 0.25) is 0 Å². The number of thiazole rings is 1. The van der Waals surface area contributed by atoms with Gasteiger partial charge in [-0.25, -0.2) is 9.78 Å². The van der Waals surface area contributed by atoms with Crippen LogP contribution in [0.3, 0.4) is 0 Å². The number of carboxylic acids is 1. The van der Waals surface area contributed by atoms with Gasteiger partial charge in [0.25, 0.3) is 0 Å². The van der Waals surface area contributed by atoms with E-state index in [0.717, 1.165) is 54.9 Å². The number of rotatable bonds is 11. The van der Waals surface area contributed by atoms with Gasteiger partial charge in [0.15, 0.2) is 5.13 Å². The Labute approximate surface area is 216 Å². The van der Waals surface area contributed by atoms with E-state index < -0.39 is 10.7 Å². The number of aliphatic carboxylic acids is 1. The normalized spacial score (nSPS) is 18.2. The zero-order chi connectivity index (χ0) is 25.4. The second-order valence-corrected chi connectivity index (χ2v) is 12.7. The van der Waals surface area contributed by atoms with Crippen molar-refractivity contribution in [1.82, 2.24) is 9.88 Å². The van der Waals surface area contributed by atoms with Gasteiger partial charge in [-0.3, -0.25) is 10.1 Å². The van der Waals surface area contributed by atoms with Crippen molar-refractivity contribution in [2.45, 2.75) is 80.7 Å². The van der Waals surface area contributed by atoms with Gasteiger partial charge in [-0.05, 0) is 82.4 Å². The second-order valence-electron chi connectivity index (χ2n) is 9.74. The Balaban J connectivity index is 1.58. The number of benzene rings is 1. The van der Waals surface area contributed by atoms with Gasteiger partial charge in [0, 0.05) is 12.6 Å². The number of carboxylic acid groups (broad SMARTS) is 1. The third-order valence-electron chi connectivity index (χ3n) is 6.53. The molecule has 2 aromatic rings. The minimum absolute atomic E-state index is 0.114. The molecule has 1 aromatic heterocycles. The Morgan fingerprint density at radius 2 is 1.89 bits per heavy atom. The molecule has 1 fully saturated rings. The summed E-state index contributed by atoms with van der Waals surface area (Å²) in [7, 11) is 1.67. The van der Waals surface area contributed by atoms with E-state index >= 15 is 0 Å². The van der Waals surface area contributed by atoms with E-state index in [2.05, 4.69) is 29.4 Å². The quantitative estimate of drug-likeness (QED) is 0.259. The fourth-order valence-electron chi connectivity index (χ4n) is 4.23. The molecule has 1 aliphatic rings. The molecule has 0 saturated heterocycles. The van der Waals surface area contributed by atoms with Gasteiger partial charge in [-0.1, -0.05) is 42.2 Å². The molecule has 0 unspecified atom stereocenters. The summed E-state index contributed by atoms with van der Waals surface area (Å²) in [6.45, 7) is 6.31. The maximum atomic E-state index is 13.3. The lowest BCUT2D eigenvalue weighted by Gasteiger charge is -2.36. The average molecular weight is 520 g/mol. The summed E-state index contributed by atoms with van der Waals surface area (Å²) in [6, 6.07) is 8.28. The van der Waals surface area contributed by atoms with Crippen LogP contribution in [-0.4, -0.2) is 51.4 Å². The van der Waals surface area contributed by atoms with Gasteiger partial charge in [0.1, 0.15) is 10.5 Å². The van der Waals surface area contributed by atoms with Gasteiger partial charge in [-0.2, -0.15) is 0 Å². The molecule has 0 atom stereocenters. The molecule has 35 heavy (non-hydrogen) atoms. The van der Waals surface area contributed by atoms with Crippen molar-refractivity contribution in [1.29, 1.82) is 0 Å². The molecular formula is C26H37N3O4S2. The molecule has 0 radical (unpaired) electrons. The lowest BCUT2D eigenvalue weighted by molar-refractivity contribution is -0.138. The average Bonchev–Trinajstić information content (AvgIpc) is 3.26. The summed E-state index contributed by atoms with van der Waals surface area (Å²) in [5.74, 6) is 0.689. The molecule has 1 aromatic carbocycles. The van der Waals surface area contributed by atoms with Crippen LogP contribution in [0.1, 0.15) is 64.9 Å². The molecule has 7 nitrogen and oxygen atoms in total. The summed E-state index contributed by atoms with van der Waals surface area (Å²) in [6.07, 6.45) is 8.87. The third-order valence-corrected chi connectivity index (χ3v) is 8.73. The van der Waals surface area contributed by atoms with Crippen molar-refractivity contribution in [3.63, 3.8) is 0 Å². The number of carbonyl (C=O) groups excluding carboxylic acids is 1.